The lowest BCUT2D eigenvalue weighted by Crippen LogP contribution is -2.34. The van der Waals surface area contributed by atoms with Crippen molar-refractivity contribution < 1.29 is 22.0 Å². The second-order valence-electron chi connectivity index (χ2n) is 7.99. The zero-order chi connectivity index (χ0) is 26.2. The van der Waals surface area contributed by atoms with Gasteiger partial charge in [-0.05, 0) is 35.9 Å². The molecule has 0 unspecified atom stereocenters. The van der Waals surface area contributed by atoms with Crippen LogP contribution < -0.4 is 9.62 Å². The summed E-state index contributed by atoms with van der Waals surface area (Å²) in [7, 11) is -4.02. The van der Waals surface area contributed by atoms with Gasteiger partial charge >= 0.3 is 0 Å². The van der Waals surface area contributed by atoms with Crippen LogP contribution in [-0.4, -0.2) is 30.0 Å². The van der Waals surface area contributed by atoms with E-state index in [1.54, 1.807) is 18.2 Å². The van der Waals surface area contributed by atoms with Crippen LogP contribution in [0.5, 0.6) is 0 Å². The maximum absolute atomic E-state index is 13.8. The Hall–Kier alpha value is -3.54. The lowest BCUT2D eigenvalue weighted by molar-refractivity contribution is -0.113. The molecule has 1 aliphatic rings. The molecule has 1 aliphatic heterocycles. The van der Waals surface area contributed by atoms with E-state index in [2.05, 4.69) is 15.3 Å². The summed E-state index contributed by atoms with van der Waals surface area (Å²) in [6.45, 7) is 0.0899. The minimum Gasteiger partial charge on any atom is -0.323 e. The number of benzene rings is 3. The van der Waals surface area contributed by atoms with Crippen LogP contribution in [0.4, 0.5) is 20.2 Å². The van der Waals surface area contributed by atoms with Crippen molar-refractivity contribution in [2.45, 2.75) is 16.6 Å². The minimum absolute atomic E-state index is 0.0690. The number of aromatic nitrogens is 2. The predicted molar refractivity (Wildman–Crippen MR) is 138 cm³/mol. The molecular weight excluding hydrogens is 542 g/mol. The molecule has 0 atom stereocenters. The summed E-state index contributed by atoms with van der Waals surface area (Å²) < 4.78 is 55.3. The van der Waals surface area contributed by atoms with Gasteiger partial charge in [-0.15, -0.1) is 0 Å². The maximum atomic E-state index is 13.8. The Labute approximate surface area is 220 Å². The van der Waals surface area contributed by atoms with E-state index in [1.807, 2.05) is 30.3 Å². The van der Waals surface area contributed by atoms with Gasteiger partial charge in [-0.2, -0.15) is 0 Å². The standard InChI is InChI=1S/C25H17ClF2N4O3S2/c26-16-6-8-18-21(10-16)32(13-15-4-2-1-3-5-15)37(34,35)22-12-29-25(31-24(18)22)36-14-23(33)30-20-9-7-17(27)11-19(20)28/h1-12H,13-14H2,(H,30,33). The van der Waals surface area contributed by atoms with Crippen molar-refractivity contribution in [3.8, 4) is 11.3 Å². The fourth-order valence-corrected chi connectivity index (χ4v) is 6.13. The average Bonchev–Trinajstić information content (AvgIpc) is 2.87. The first-order valence-corrected chi connectivity index (χ1v) is 13.6. The van der Waals surface area contributed by atoms with Crippen molar-refractivity contribution in [3.05, 3.63) is 95.1 Å². The highest BCUT2D eigenvalue weighted by atomic mass is 35.5. The molecule has 0 fully saturated rings. The Kier molecular flexibility index (Phi) is 6.84. The molecule has 188 valence electrons. The van der Waals surface area contributed by atoms with Gasteiger partial charge in [0.2, 0.25) is 5.91 Å². The van der Waals surface area contributed by atoms with Gasteiger partial charge in [-0.25, -0.2) is 27.2 Å². The van der Waals surface area contributed by atoms with E-state index >= 15 is 0 Å². The average molecular weight is 559 g/mol. The SMILES string of the molecule is O=C(CSc1ncc2c(n1)-c1ccc(Cl)cc1N(Cc1ccccc1)S2(=O)=O)Nc1ccc(F)cc1F. The van der Waals surface area contributed by atoms with Gasteiger partial charge < -0.3 is 5.32 Å². The third-order valence-corrected chi connectivity index (χ3v) is 8.35. The van der Waals surface area contributed by atoms with Gasteiger partial charge in [0, 0.05) is 16.7 Å². The monoisotopic (exact) mass is 558 g/mol. The zero-order valence-electron chi connectivity index (χ0n) is 18.9. The van der Waals surface area contributed by atoms with Crippen LogP contribution >= 0.6 is 23.4 Å². The second kappa shape index (κ2) is 10.1. The molecule has 4 aromatic rings. The zero-order valence-corrected chi connectivity index (χ0v) is 21.2. The summed E-state index contributed by atoms with van der Waals surface area (Å²) in [6, 6.07) is 16.9. The number of nitrogens with zero attached hydrogens (tertiary/aromatic N) is 3. The number of hydrogen-bond donors (Lipinski definition) is 1. The van der Waals surface area contributed by atoms with Crippen LogP contribution in [0.3, 0.4) is 0 Å². The molecule has 3 aromatic carbocycles. The number of rotatable bonds is 6. The summed E-state index contributed by atoms with van der Waals surface area (Å²) in [5.74, 6) is -2.41. The van der Waals surface area contributed by atoms with Crippen molar-refractivity contribution in [1.29, 1.82) is 0 Å². The summed E-state index contributed by atoms with van der Waals surface area (Å²) >= 11 is 7.16. The third kappa shape index (κ3) is 5.15. The Balaban J connectivity index is 1.43. The molecule has 1 amide bonds. The number of anilines is 2. The number of amides is 1. The van der Waals surface area contributed by atoms with Crippen LogP contribution in [0.15, 0.2) is 83.0 Å². The predicted octanol–water partition coefficient (Wildman–Crippen LogP) is 5.51. The topological polar surface area (TPSA) is 92.3 Å². The number of hydrogen-bond acceptors (Lipinski definition) is 6. The Morgan fingerprint density at radius 2 is 1.84 bits per heavy atom. The number of halogens is 3. The van der Waals surface area contributed by atoms with Crippen molar-refractivity contribution >= 4 is 50.7 Å². The molecule has 0 saturated carbocycles. The number of nitrogens with one attached hydrogen (secondary N) is 1. The van der Waals surface area contributed by atoms with Gasteiger partial charge in [0.15, 0.2) is 5.16 Å². The smallest absolute Gasteiger partial charge is 0.268 e. The van der Waals surface area contributed by atoms with Gasteiger partial charge in [-0.1, -0.05) is 53.7 Å². The lowest BCUT2D eigenvalue weighted by atomic mass is 10.1. The Morgan fingerprint density at radius 3 is 2.59 bits per heavy atom. The molecule has 1 N–H and O–H groups in total. The summed E-state index contributed by atoms with van der Waals surface area (Å²) in [5.41, 5.74) is 1.75. The van der Waals surface area contributed by atoms with Crippen LogP contribution in [0, 0.1) is 11.6 Å². The quantitative estimate of drug-likeness (QED) is 0.248. The number of thioether (sulfide) groups is 1. The van der Waals surface area contributed by atoms with E-state index in [-0.39, 0.29) is 33.7 Å². The molecule has 37 heavy (non-hydrogen) atoms. The molecule has 12 heteroatoms. The molecule has 5 rings (SSSR count). The Morgan fingerprint density at radius 1 is 1.05 bits per heavy atom. The number of sulfonamides is 1. The fourth-order valence-electron chi connectivity index (χ4n) is 3.79. The van der Waals surface area contributed by atoms with Gasteiger partial charge in [0.25, 0.3) is 10.0 Å². The molecule has 1 aromatic heterocycles. The van der Waals surface area contributed by atoms with Crippen molar-refractivity contribution in [1.82, 2.24) is 9.97 Å². The van der Waals surface area contributed by atoms with E-state index < -0.39 is 27.6 Å². The summed E-state index contributed by atoms with van der Waals surface area (Å²) in [5, 5.41) is 2.88. The van der Waals surface area contributed by atoms with Gasteiger partial charge in [0.05, 0.1) is 35.6 Å². The summed E-state index contributed by atoms with van der Waals surface area (Å²) in [6.07, 6.45) is 1.22. The maximum Gasteiger partial charge on any atom is 0.268 e. The molecule has 0 saturated heterocycles. The van der Waals surface area contributed by atoms with Gasteiger partial charge in [-0.3, -0.25) is 9.10 Å². The van der Waals surface area contributed by atoms with E-state index in [4.69, 9.17) is 11.6 Å². The number of carbonyl (C=O) groups is 1. The number of fused-ring (bicyclic) bond motifs is 3. The van der Waals surface area contributed by atoms with E-state index in [1.165, 1.54) is 10.5 Å². The summed E-state index contributed by atoms with van der Waals surface area (Å²) in [4.78, 5) is 20.8. The molecule has 0 radical (unpaired) electrons. The highest BCUT2D eigenvalue weighted by Gasteiger charge is 2.37. The Bertz CT molecular complexity index is 1620. The third-order valence-electron chi connectivity index (χ3n) is 5.49. The van der Waals surface area contributed by atoms with Crippen LogP contribution in [0.2, 0.25) is 5.02 Å². The van der Waals surface area contributed by atoms with E-state index in [0.29, 0.717) is 22.3 Å². The molecule has 0 spiro atoms. The largest absolute Gasteiger partial charge is 0.323 e. The van der Waals surface area contributed by atoms with Crippen LogP contribution in [-0.2, 0) is 21.4 Å². The van der Waals surface area contributed by atoms with Crippen LogP contribution in [0.1, 0.15) is 5.56 Å². The van der Waals surface area contributed by atoms with Crippen LogP contribution in [0.25, 0.3) is 11.3 Å². The first-order chi connectivity index (χ1) is 17.7. The van der Waals surface area contributed by atoms with Crippen molar-refractivity contribution in [2.24, 2.45) is 0 Å². The number of carbonyl (C=O) groups excluding carboxylic acids is 1. The first-order valence-electron chi connectivity index (χ1n) is 10.8. The van der Waals surface area contributed by atoms with Crippen molar-refractivity contribution in [3.63, 3.8) is 0 Å². The minimum atomic E-state index is -4.02. The molecule has 0 aliphatic carbocycles. The van der Waals surface area contributed by atoms with E-state index in [9.17, 15) is 22.0 Å². The second-order valence-corrected chi connectivity index (χ2v) is 11.2. The molecular formula is C25H17ClF2N4O3S2. The molecule has 0 bridgehead atoms. The highest BCUT2D eigenvalue weighted by molar-refractivity contribution is 7.99. The lowest BCUT2D eigenvalue weighted by Gasteiger charge is -2.31. The highest BCUT2D eigenvalue weighted by Crippen LogP contribution is 2.44. The van der Waals surface area contributed by atoms with Gasteiger partial charge in [0.1, 0.15) is 16.5 Å². The van der Waals surface area contributed by atoms with Crippen molar-refractivity contribution in [2.75, 3.05) is 15.4 Å². The van der Waals surface area contributed by atoms with E-state index in [0.717, 1.165) is 29.5 Å². The first kappa shape index (κ1) is 25.1. The molecule has 7 nitrogen and oxygen atoms in total. The fraction of sp³-hybridized carbons (Fsp3) is 0.0800. The normalized spacial score (nSPS) is 13.5. The molecule has 2 heterocycles.